The lowest BCUT2D eigenvalue weighted by Crippen LogP contribution is -2.38. The second kappa shape index (κ2) is 9.46. The van der Waals surface area contributed by atoms with Gasteiger partial charge in [-0.3, -0.25) is 4.79 Å². The van der Waals surface area contributed by atoms with Gasteiger partial charge in [0.05, 0.1) is 17.6 Å². The number of carbonyl (C=O) groups excluding carboxylic acids is 2. The quantitative estimate of drug-likeness (QED) is 0.699. The Kier molecular flexibility index (Phi) is 6.90. The Labute approximate surface area is 186 Å². The van der Waals surface area contributed by atoms with E-state index >= 15 is 0 Å². The number of carboxylic acids is 1. The average molecular weight is 447 g/mol. The molecule has 0 bridgehead atoms. The van der Waals surface area contributed by atoms with E-state index in [9.17, 15) is 14.4 Å². The molecule has 10 heteroatoms. The fraction of sp³-hybridized carbons (Fsp3) is 0.545. The summed E-state index contributed by atoms with van der Waals surface area (Å²) in [5.41, 5.74) is 0.887. The van der Waals surface area contributed by atoms with Crippen molar-refractivity contribution in [3.05, 3.63) is 24.0 Å². The molecule has 174 valence electrons. The van der Waals surface area contributed by atoms with Crippen molar-refractivity contribution in [2.75, 3.05) is 19.7 Å². The fourth-order valence-corrected chi connectivity index (χ4v) is 3.79. The van der Waals surface area contributed by atoms with Crippen LogP contribution in [-0.4, -0.2) is 62.8 Å². The number of carboxylic acid groups (broad SMARTS) is 1. The van der Waals surface area contributed by atoms with Gasteiger partial charge in [-0.15, -0.1) is 0 Å². The van der Waals surface area contributed by atoms with Crippen molar-refractivity contribution in [1.82, 2.24) is 19.8 Å². The molecule has 1 saturated heterocycles. The topological polar surface area (TPSA) is 123 Å². The molecular formula is C22H30N4O6. The van der Waals surface area contributed by atoms with E-state index in [4.69, 9.17) is 14.6 Å². The van der Waals surface area contributed by atoms with Crippen molar-refractivity contribution in [1.29, 1.82) is 0 Å². The minimum absolute atomic E-state index is 0.0510. The van der Waals surface area contributed by atoms with E-state index in [2.05, 4.69) is 14.9 Å². The maximum absolute atomic E-state index is 12.2. The van der Waals surface area contributed by atoms with Crippen LogP contribution < -0.4 is 10.1 Å². The third-order valence-electron chi connectivity index (χ3n) is 5.16. The Morgan fingerprint density at radius 1 is 1.22 bits per heavy atom. The zero-order valence-corrected chi connectivity index (χ0v) is 18.9. The third kappa shape index (κ3) is 5.89. The van der Waals surface area contributed by atoms with Crippen LogP contribution in [0.15, 0.2) is 18.2 Å². The van der Waals surface area contributed by atoms with Gasteiger partial charge in [0.15, 0.2) is 6.61 Å². The van der Waals surface area contributed by atoms with Gasteiger partial charge in [0.2, 0.25) is 5.91 Å². The van der Waals surface area contributed by atoms with Gasteiger partial charge < -0.3 is 29.4 Å². The number of piperidine rings is 1. The zero-order valence-electron chi connectivity index (χ0n) is 18.9. The maximum Gasteiger partial charge on any atom is 0.408 e. The zero-order chi connectivity index (χ0) is 23.5. The minimum Gasteiger partial charge on any atom is -0.482 e. The average Bonchev–Trinajstić information content (AvgIpc) is 3.07. The largest absolute Gasteiger partial charge is 0.482 e. The van der Waals surface area contributed by atoms with Gasteiger partial charge in [0.25, 0.3) is 0 Å². The van der Waals surface area contributed by atoms with E-state index < -0.39 is 24.3 Å². The van der Waals surface area contributed by atoms with Crippen molar-refractivity contribution in [3.63, 3.8) is 0 Å². The van der Waals surface area contributed by atoms with Crippen LogP contribution in [-0.2, 0) is 20.9 Å². The van der Waals surface area contributed by atoms with E-state index in [1.165, 1.54) is 0 Å². The molecule has 2 heterocycles. The molecule has 0 unspecified atom stereocenters. The monoisotopic (exact) mass is 446 g/mol. The molecule has 2 amide bonds. The number of alkyl carbamates (subject to hydrolysis) is 1. The summed E-state index contributed by atoms with van der Waals surface area (Å²) in [4.78, 5) is 41.2. The number of carbonyl (C=O) groups is 3. The van der Waals surface area contributed by atoms with E-state index in [-0.39, 0.29) is 18.5 Å². The molecule has 0 atom stereocenters. The van der Waals surface area contributed by atoms with Gasteiger partial charge in [-0.1, -0.05) is 0 Å². The van der Waals surface area contributed by atoms with Crippen molar-refractivity contribution in [2.24, 2.45) is 0 Å². The minimum atomic E-state index is -1.06. The second-order valence-electron chi connectivity index (χ2n) is 8.82. The number of nitrogens with one attached hydrogen (secondary N) is 1. The number of amides is 2. The molecule has 1 fully saturated rings. The number of benzene rings is 1. The van der Waals surface area contributed by atoms with Crippen LogP contribution in [0.2, 0.25) is 0 Å². The van der Waals surface area contributed by atoms with Gasteiger partial charge in [0, 0.05) is 32.1 Å². The summed E-state index contributed by atoms with van der Waals surface area (Å²) in [5.74, 6) is 0.0731. The number of hydrogen-bond donors (Lipinski definition) is 2. The third-order valence-corrected chi connectivity index (χ3v) is 5.16. The molecule has 10 nitrogen and oxygen atoms in total. The molecule has 0 radical (unpaired) electrons. The summed E-state index contributed by atoms with van der Waals surface area (Å²) < 4.78 is 12.7. The van der Waals surface area contributed by atoms with Crippen LogP contribution in [0.4, 0.5) is 4.79 Å². The number of aliphatic carboxylic acids is 1. The number of fused-ring (bicyclic) bond motifs is 1. The highest BCUT2D eigenvalue weighted by Crippen LogP contribution is 2.31. The SMILES string of the molecule is CC(=O)N1CCC(n2c(CNC(=O)OC(C)(C)C)nc3ccc(OCC(=O)O)cc32)CC1. The summed E-state index contributed by atoms with van der Waals surface area (Å²) in [7, 11) is 0. The van der Waals surface area contributed by atoms with Crippen LogP contribution >= 0.6 is 0 Å². The molecular weight excluding hydrogens is 416 g/mol. The first-order chi connectivity index (χ1) is 15.0. The predicted molar refractivity (Wildman–Crippen MR) is 116 cm³/mol. The van der Waals surface area contributed by atoms with Gasteiger partial charge in [0.1, 0.15) is 17.2 Å². The highest BCUT2D eigenvalue weighted by molar-refractivity contribution is 5.79. The Bertz CT molecular complexity index is 1000. The Morgan fingerprint density at radius 2 is 1.91 bits per heavy atom. The molecule has 2 N–H and O–H groups in total. The number of rotatable bonds is 6. The van der Waals surface area contributed by atoms with Gasteiger partial charge in [-0.2, -0.15) is 0 Å². The van der Waals surface area contributed by atoms with Crippen molar-refractivity contribution in [3.8, 4) is 5.75 Å². The predicted octanol–water partition coefficient (Wildman–Crippen LogP) is 2.71. The molecule has 1 aromatic heterocycles. The molecule has 0 aliphatic carbocycles. The van der Waals surface area contributed by atoms with Crippen LogP contribution in [0.3, 0.4) is 0 Å². The summed E-state index contributed by atoms with van der Waals surface area (Å²) >= 11 is 0. The van der Waals surface area contributed by atoms with Crippen LogP contribution in [0.1, 0.15) is 52.4 Å². The normalized spacial score (nSPS) is 14.9. The molecule has 0 spiro atoms. The highest BCUT2D eigenvalue weighted by Gasteiger charge is 2.26. The smallest absolute Gasteiger partial charge is 0.408 e. The Balaban J connectivity index is 1.89. The Morgan fingerprint density at radius 3 is 2.50 bits per heavy atom. The first kappa shape index (κ1) is 23.4. The second-order valence-corrected chi connectivity index (χ2v) is 8.82. The highest BCUT2D eigenvalue weighted by atomic mass is 16.6. The van der Waals surface area contributed by atoms with E-state index in [1.54, 1.807) is 45.9 Å². The van der Waals surface area contributed by atoms with E-state index in [0.29, 0.717) is 30.2 Å². The summed E-state index contributed by atoms with van der Waals surface area (Å²) in [6, 6.07) is 5.27. The van der Waals surface area contributed by atoms with Crippen molar-refractivity contribution in [2.45, 2.75) is 58.7 Å². The number of imidazole rings is 1. The van der Waals surface area contributed by atoms with Crippen LogP contribution in [0.5, 0.6) is 5.75 Å². The van der Waals surface area contributed by atoms with Crippen LogP contribution in [0.25, 0.3) is 11.0 Å². The number of hydrogen-bond acceptors (Lipinski definition) is 6. The Hall–Kier alpha value is -3.30. The summed E-state index contributed by atoms with van der Waals surface area (Å²) in [6.07, 6.45) is 0.947. The number of likely N-dealkylation sites (tertiary alicyclic amines) is 1. The number of aromatic nitrogens is 2. The molecule has 32 heavy (non-hydrogen) atoms. The summed E-state index contributed by atoms with van der Waals surface area (Å²) in [6.45, 7) is 7.94. The first-order valence-corrected chi connectivity index (χ1v) is 10.6. The van der Waals surface area contributed by atoms with Gasteiger partial charge >= 0.3 is 12.1 Å². The number of ether oxygens (including phenoxy) is 2. The van der Waals surface area contributed by atoms with Crippen LogP contribution in [0, 0.1) is 0 Å². The standard InChI is InChI=1S/C22H30N4O6/c1-14(27)25-9-7-15(8-10-25)26-18-11-16(31-13-20(28)29)5-6-17(18)24-19(26)12-23-21(30)32-22(2,3)4/h5-6,11,15H,7-10,12-13H2,1-4H3,(H,23,30)(H,28,29). The lowest BCUT2D eigenvalue weighted by molar-refractivity contribution is -0.139. The molecule has 1 aliphatic heterocycles. The van der Waals surface area contributed by atoms with E-state index in [0.717, 1.165) is 18.4 Å². The number of nitrogens with zero attached hydrogens (tertiary/aromatic N) is 3. The van der Waals surface area contributed by atoms with Gasteiger partial charge in [-0.05, 0) is 45.7 Å². The lowest BCUT2D eigenvalue weighted by atomic mass is 10.0. The maximum atomic E-state index is 12.2. The molecule has 1 aromatic carbocycles. The molecule has 0 saturated carbocycles. The molecule has 1 aliphatic rings. The lowest BCUT2D eigenvalue weighted by Gasteiger charge is -2.33. The molecule has 2 aromatic rings. The van der Waals surface area contributed by atoms with Crippen molar-refractivity contribution < 1.29 is 29.0 Å². The molecule has 3 rings (SSSR count). The van der Waals surface area contributed by atoms with Crippen molar-refractivity contribution >= 4 is 29.0 Å². The van der Waals surface area contributed by atoms with E-state index in [1.807, 2.05) is 4.90 Å². The fourth-order valence-electron chi connectivity index (χ4n) is 3.79. The van der Waals surface area contributed by atoms with Gasteiger partial charge in [-0.25, -0.2) is 14.6 Å². The first-order valence-electron chi connectivity index (χ1n) is 10.6. The summed E-state index contributed by atoms with van der Waals surface area (Å²) in [5, 5.41) is 11.7.